The van der Waals surface area contributed by atoms with Crippen molar-refractivity contribution in [3.8, 4) is 17.6 Å². The summed E-state index contributed by atoms with van der Waals surface area (Å²) in [6, 6.07) is 12.1. The standard InChI is InChI=1S/C17H15FO2/c1-13-4-2-6-17(10-13)20-12-15-7-8-16(18)11-14(15)5-3-9-19/h2,4,6-8,10-11,19H,9,12H2,1H3. The average Bonchev–Trinajstić information content (AvgIpc) is 2.44. The number of benzene rings is 2. The molecule has 0 aliphatic rings. The molecule has 0 aliphatic carbocycles. The Morgan fingerprint density at radius 2 is 2.05 bits per heavy atom. The van der Waals surface area contributed by atoms with Crippen LogP contribution in [0.1, 0.15) is 16.7 Å². The number of aliphatic hydroxyl groups is 1. The van der Waals surface area contributed by atoms with Gasteiger partial charge in [0.1, 0.15) is 24.8 Å². The topological polar surface area (TPSA) is 29.5 Å². The van der Waals surface area contributed by atoms with Crippen LogP contribution in [0.4, 0.5) is 4.39 Å². The van der Waals surface area contributed by atoms with Gasteiger partial charge in [-0.2, -0.15) is 0 Å². The molecule has 0 atom stereocenters. The molecule has 0 bridgehead atoms. The van der Waals surface area contributed by atoms with Gasteiger partial charge in [-0.05, 0) is 36.8 Å². The fourth-order valence-electron chi connectivity index (χ4n) is 1.79. The minimum Gasteiger partial charge on any atom is -0.489 e. The predicted octanol–water partition coefficient (Wildman–Crippen LogP) is 3.06. The van der Waals surface area contributed by atoms with E-state index in [1.807, 2.05) is 31.2 Å². The minimum atomic E-state index is -0.355. The molecule has 2 aromatic rings. The first-order chi connectivity index (χ1) is 9.69. The first-order valence-corrected chi connectivity index (χ1v) is 6.26. The molecule has 0 aromatic heterocycles. The molecule has 0 amide bonds. The molecule has 0 saturated carbocycles. The summed E-state index contributed by atoms with van der Waals surface area (Å²) in [5, 5.41) is 8.73. The van der Waals surface area contributed by atoms with E-state index < -0.39 is 0 Å². The highest BCUT2D eigenvalue weighted by atomic mass is 19.1. The van der Waals surface area contributed by atoms with Gasteiger partial charge in [0.15, 0.2) is 0 Å². The molecule has 102 valence electrons. The summed E-state index contributed by atoms with van der Waals surface area (Å²) in [6.45, 7) is 2.04. The zero-order chi connectivity index (χ0) is 14.4. The van der Waals surface area contributed by atoms with Gasteiger partial charge in [-0.3, -0.25) is 0 Å². The molecular formula is C17H15FO2. The number of hydrogen-bond acceptors (Lipinski definition) is 2. The van der Waals surface area contributed by atoms with E-state index in [1.54, 1.807) is 6.07 Å². The van der Waals surface area contributed by atoms with Crippen molar-refractivity contribution in [2.24, 2.45) is 0 Å². The molecule has 20 heavy (non-hydrogen) atoms. The Bertz CT molecular complexity index is 654. The highest BCUT2D eigenvalue weighted by Gasteiger charge is 2.03. The van der Waals surface area contributed by atoms with E-state index in [9.17, 15) is 4.39 Å². The second-order valence-electron chi connectivity index (χ2n) is 4.37. The lowest BCUT2D eigenvalue weighted by molar-refractivity contribution is 0.305. The number of hydrogen-bond donors (Lipinski definition) is 1. The van der Waals surface area contributed by atoms with Crippen molar-refractivity contribution < 1.29 is 14.2 Å². The summed E-state index contributed by atoms with van der Waals surface area (Å²) >= 11 is 0. The second kappa shape index (κ2) is 6.74. The van der Waals surface area contributed by atoms with Gasteiger partial charge >= 0.3 is 0 Å². The zero-order valence-electron chi connectivity index (χ0n) is 11.2. The zero-order valence-corrected chi connectivity index (χ0v) is 11.2. The van der Waals surface area contributed by atoms with Gasteiger partial charge in [0.2, 0.25) is 0 Å². The average molecular weight is 270 g/mol. The number of rotatable bonds is 3. The highest BCUT2D eigenvalue weighted by molar-refractivity contribution is 5.42. The summed E-state index contributed by atoms with van der Waals surface area (Å²) in [5.74, 6) is 5.66. The van der Waals surface area contributed by atoms with Crippen LogP contribution in [-0.2, 0) is 6.61 Å². The molecule has 0 unspecified atom stereocenters. The molecule has 0 radical (unpaired) electrons. The van der Waals surface area contributed by atoms with E-state index in [0.717, 1.165) is 16.9 Å². The summed E-state index contributed by atoms with van der Waals surface area (Å²) < 4.78 is 18.9. The number of aliphatic hydroxyl groups excluding tert-OH is 1. The van der Waals surface area contributed by atoms with Crippen molar-refractivity contribution >= 4 is 0 Å². The van der Waals surface area contributed by atoms with Gasteiger partial charge in [0.25, 0.3) is 0 Å². The van der Waals surface area contributed by atoms with E-state index in [4.69, 9.17) is 9.84 Å². The van der Waals surface area contributed by atoms with Crippen LogP contribution in [0.5, 0.6) is 5.75 Å². The van der Waals surface area contributed by atoms with Crippen molar-refractivity contribution in [3.05, 3.63) is 65.0 Å². The lowest BCUT2D eigenvalue weighted by Crippen LogP contribution is -1.99. The summed E-state index contributed by atoms with van der Waals surface area (Å²) in [4.78, 5) is 0. The van der Waals surface area contributed by atoms with Crippen molar-refractivity contribution in [2.45, 2.75) is 13.5 Å². The summed E-state index contributed by atoms with van der Waals surface area (Å²) in [7, 11) is 0. The fourth-order valence-corrected chi connectivity index (χ4v) is 1.79. The Morgan fingerprint density at radius 3 is 2.80 bits per heavy atom. The third-order valence-corrected chi connectivity index (χ3v) is 2.76. The van der Waals surface area contributed by atoms with Gasteiger partial charge in [0.05, 0.1) is 0 Å². The predicted molar refractivity (Wildman–Crippen MR) is 75.9 cm³/mol. The Morgan fingerprint density at radius 1 is 1.20 bits per heavy atom. The Balaban J connectivity index is 2.16. The highest BCUT2D eigenvalue weighted by Crippen LogP contribution is 2.17. The van der Waals surface area contributed by atoms with Crippen LogP contribution >= 0.6 is 0 Å². The fraction of sp³-hybridized carbons (Fsp3) is 0.176. The molecule has 0 heterocycles. The van der Waals surface area contributed by atoms with Crippen LogP contribution in [0.3, 0.4) is 0 Å². The van der Waals surface area contributed by atoms with E-state index in [2.05, 4.69) is 11.8 Å². The van der Waals surface area contributed by atoms with Crippen molar-refractivity contribution in [1.29, 1.82) is 0 Å². The molecule has 0 aliphatic heterocycles. The first kappa shape index (κ1) is 14.1. The molecule has 2 rings (SSSR count). The molecule has 0 saturated heterocycles. The first-order valence-electron chi connectivity index (χ1n) is 6.26. The van der Waals surface area contributed by atoms with Crippen LogP contribution in [0, 0.1) is 24.6 Å². The lowest BCUT2D eigenvalue weighted by atomic mass is 10.1. The van der Waals surface area contributed by atoms with Gasteiger partial charge in [-0.15, -0.1) is 0 Å². The third-order valence-electron chi connectivity index (χ3n) is 2.76. The smallest absolute Gasteiger partial charge is 0.124 e. The van der Waals surface area contributed by atoms with E-state index in [1.165, 1.54) is 12.1 Å². The minimum absolute atomic E-state index is 0.255. The maximum atomic E-state index is 13.2. The van der Waals surface area contributed by atoms with Crippen LogP contribution in [-0.4, -0.2) is 11.7 Å². The van der Waals surface area contributed by atoms with Crippen molar-refractivity contribution in [2.75, 3.05) is 6.61 Å². The Labute approximate surface area is 117 Å². The quantitative estimate of drug-likeness (QED) is 0.869. The van der Waals surface area contributed by atoms with Crippen LogP contribution in [0.25, 0.3) is 0 Å². The number of halogens is 1. The Hall–Kier alpha value is -2.31. The van der Waals surface area contributed by atoms with Crippen molar-refractivity contribution in [1.82, 2.24) is 0 Å². The number of aryl methyl sites for hydroxylation is 1. The largest absolute Gasteiger partial charge is 0.489 e. The molecule has 2 nitrogen and oxygen atoms in total. The monoisotopic (exact) mass is 270 g/mol. The molecule has 1 N–H and O–H groups in total. The van der Waals surface area contributed by atoms with Gasteiger partial charge in [0, 0.05) is 11.1 Å². The maximum absolute atomic E-state index is 13.2. The SMILES string of the molecule is Cc1cccc(OCc2ccc(F)cc2C#CCO)c1. The normalized spacial score (nSPS) is 9.75. The maximum Gasteiger partial charge on any atom is 0.124 e. The molecule has 2 aromatic carbocycles. The van der Waals surface area contributed by atoms with Gasteiger partial charge in [-0.25, -0.2) is 4.39 Å². The second-order valence-corrected chi connectivity index (χ2v) is 4.37. The molecule has 0 fully saturated rings. The van der Waals surface area contributed by atoms with E-state index in [0.29, 0.717) is 12.2 Å². The summed E-state index contributed by atoms with van der Waals surface area (Å²) in [5.41, 5.74) is 2.43. The van der Waals surface area contributed by atoms with Gasteiger partial charge < -0.3 is 9.84 Å². The number of ether oxygens (including phenoxy) is 1. The van der Waals surface area contributed by atoms with E-state index in [-0.39, 0.29) is 12.4 Å². The third kappa shape index (κ3) is 3.84. The van der Waals surface area contributed by atoms with Crippen LogP contribution < -0.4 is 4.74 Å². The molecule has 0 spiro atoms. The Kier molecular flexibility index (Phi) is 4.75. The van der Waals surface area contributed by atoms with Crippen LogP contribution in [0.2, 0.25) is 0 Å². The van der Waals surface area contributed by atoms with E-state index >= 15 is 0 Å². The summed E-state index contributed by atoms with van der Waals surface area (Å²) in [6.07, 6.45) is 0. The van der Waals surface area contributed by atoms with Crippen LogP contribution in [0.15, 0.2) is 42.5 Å². The molecular weight excluding hydrogens is 255 g/mol. The molecule has 3 heteroatoms. The lowest BCUT2D eigenvalue weighted by Gasteiger charge is -2.09. The van der Waals surface area contributed by atoms with Gasteiger partial charge in [-0.1, -0.05) is 30.0 Å². The van der Waals surface area contributed by atoms with Crippen molar-refractivity contribution in [3.63, 3.8) is 0 Å².